The van der Waals surface area contributed by atoms with Gasteiger partial charge in [-0.05, 0) is 43.1 Å². The predicted molar refractivity (Wildman–Crippen MR) is 113 cm³/mol. The normalized spacial score (nSPS) is 19.6. The second kappa shape index (κ2) is 8.17. The van der Waals surface area contributed by atoms with Crippen molar-refractivity contribution in [2.24, 2.45) is 7.05 Å². The molecule has 1 aliphatic rings. The maximum atomic E-state index is 12.0. The average Bonchev–Trinajstić information content (AvgIpc) is 2.75. The maximum Gasteiger partial charge on any atom is 0.250 e. The molecule has 1 aliphatic heterocycles. The van der Waals surface area contributed by atoms with Gasteiger partial charge < -0.3 is 19.9 Å². The first kappa shape index (κ1) is 18.7. The second-order valence-corrected chi connectivity index (χ2v) is 7.43. The second-order valence-electron chi connectivity index (χ2n) is 7.43. The fourth-order valence-corrected chi connectivity index (χ4v) is 4.13. The van der Waals surface area contributed by atoms with Crippen LogP contribution in [0.15, 0.2) is 59.4 Å². The quantitative estimate of drug-likeness (QED) is 0.717. The lowest BCUT2D eigenvalue weighted by Gasteiger charge is -2.34. The van der Waals surface area contributed by atoms with Crippen LogP contribution >= 0.6 is 0 Å². The molecule has 5 nitrogen and oxygen atoms in total. The van der Waals surface area contributed by atoms with E-state index in [2.05, 4.69) is 47.0 Å². The molecule has 0 spiro atoms. The highest BCUT2D eigenvalue weighted by atomic mass is 16.5. The minimum Gasteiger partial charge on any atom is -0.496 e. The van der Waals surface area contributed by atoms with Crippen LogP contribution in [0.4, 0.5) is 0 Å². The number of hydrogen-bond acceptors (Lipinski definition) is 4. The van der Waals surface area contributed by atoms with Crippen LogP contribution in [0.5, 0.6) is 5.75 Å². The first-order chi connectivity index (χ1) is 13.7. The highest BCUT2D eigenvalue weighted by Crippen LogP contribution is 2.27. The molecule has 0 aliphatic carbocycles. The lowest BCUT2D eigenvalue weighted by Crippen LogP contribution is -2.45. The molecule has 146 valence electrons. The largest absolute Gasteiger partial charge is 0.496 e. The van der Waals surface area contributed by atoms with Crippen molar-refractivity contribution in [3.8, 4) is 5.75 Å². The Kier molecular flexibility index (Phi) is 5.46. The fourth-order valence-electron chi connectivity index (χ4n) is 4.13. The molecule has 3 aromatic rings. The van der Waals surface area contributed by atoms with Crippen LogP contribution in [0.2, 0.25) is 0 Å². The highest BCUT2D eigenvalue weighted by molar-refractivity contribution is 5.81. The van der Waals surface area contributed by atoms with E-state index in [0.717, 1.165) is 41.6 Å². The third kappa shape index (κ3) is 3.68. The van der Waals surface area contributed by atoms with Crippen molar-refractivity contribution in [3.05, 3.63) is 76.1 Å². The molecule has 4 rings (SSSR count). The van der Waals surface area contributed by atoms with Crippen molar-refractivity contribution in [1.29, 1.82) is 0 Å². The summed E-state index contributed by atoms with van der Waals surface area (Å²) < 4.78 is 7.32. The molecule has 1 unspecified atom stereocenters. The van der Waals surface area contributed by atoms with E-state index in [1.165, 1.54) is 5.56 Å². The fraction of sp³-hybridized carbons (Fsp3) is 0.348. The molecule has 2 heterocycles. The number of nitrogens with one attached hydrogen (secondary N) is 2. The van der Waals surface area contributed by atoms with E-state index in [9.17, 15) is 4.79 Å². The number of rotatable bonds is 5. The molecule has 28 heavy (non-hydrogen) atoms. The van der Waals surface area contributed by atoms with Crippen LogP contribution in [0, 0.1) is 0 Å². The Balaban J connectivity index is 1.60. The molecule has 0 radical (unpaired) electrons. The molecule has 1 aromatic heterocycles. The number of hydrogen-bond donors (Lipinski definition) is 2. The van der Waals surface area contributed by atoms with Crippen molar-refractivity contribution in [2.45, 2.75) is 31.5 Å². The number of ether oxygens (including phenoxy) is 1. The Morgan fingerprint density at radius 1 is 1.18 bits per heavy atom. The Morgan fingerprint density at radius 2 is 2.00 bits per heavy atom. The van der Waals surface area contributed by atoms with Crippen molar-refractivity contribution in [3.63, 3.8) is 0 Å². The van der Waals surface area contributed by atoms with Crippen LogP contribution in [0.3, 0.4) is 0 Å². The van der Waals surface area contributed by atoms with Gasteiger partial charge in [-0.1, -0.05) is 30.3 Å². The first-order valence-corrected chi connectivity index (χ1v) is 9.86. The summed E-state index contributed by atoms with van der Waals surface area (Å²) in [6, 6.07) is 18.8. The molecular formula is C23H27N3O2. The monoisotopic (exact) mass is 377 g/mol. The minimum atomic E-state index is -0.00259. The third-order valence-corrected chi connectivity index (χ3v) is 5.70. The molecule has 1 fully saturated rings. The highest BCUT2D eigenvalue weighted by Gasteiger charge is 2.25. The molecule has 2 aromatic carbocycles. The number of methoxy groups -OCH3 is 1. The number of pyridine rings is 1. The van der Waals surface area contributed by atoms with Crippen LogP contribution in [0.25, 0.3) is 10.9 Å². The topological polar surface area (TPSA) is 55.3 Å². The van der Waals surface area contributed by atoms with Crippen molar-refractivity contribution < 1.29 is 4.74 Å². The number of benzene rings is 2. The van der Waals surface area contributed by atoms with Crippen molar-refractivity contribution in [2.75, 3.05) is 13.7 Å². The van der Waals surface area contributed by atoms with Crippen molar-refractivity contribution in [1.82, 2.24) is 15.2 Å². The Bertz CT molecular complexity index is 1010. The Hall–Kier alpha value is -2.63. The summed E-state index contributed by atoms with van der Waals surface area (Å²) in [5.41, 5.74) is 3.30. The summed E-state index contributed by atoms with van der Waals surface area (Å²) in [6.07, 6.45) is 2.28. The summed E-state index contributed by atoms with van der Waals surface area (Å²) in [7, 11) is 3.51. The van der Waals surface area contributed by atoms with Gasteiger partial charge in [0.25, 0.3) is 5.56 Å². The molecule has 2 N–H and O–H groups in total. The molecule has 0 saturated carbocycles. The van der Waals surface area contributed by atoms with E-state index in [-0.39, 0.29) is 5.56 Å². The van der Waals surface area contributed by atoms with Crippen LogP contribution in [0.1, 0.15) is 30.0 Å². The van der Waals surface area contributed by atoms with Crippen molar-refractivity contribution >= 4 is 10.9 Å². The van der Waals surface area contributed by atoms with Gasteiger partial charge in [0.15, 0.2) is 0 Å². The zero-order valence-electron chi connectivity index (χ0n) is 16.4. The first-order valence-electron chi connectivity index (χ1n) is 9.86. The summed E-state index contributed by atoms with van der Waals surface area (Å²) in [6.45, 7) is 1.73. The summed E-state index contributed by atoms with van der Waals surface area (Å²) in [4.78, 5) is 12.0. The number of piperidine rings is 1. The molecular weight excluding hydrogens is 350 g/mol. The lowest BCUT2D eigenvalue weighted by atomic mass is 9.92. The van der Waals surface area contributed by atoms with Gasteiger partial charge in [0.1, 0.15) is 5.75 Å². The van der Waals surface area contributed by atoms with Gasteiger partial charge in [0.2, 0.25) is 0 Å². The molecule has 5 heteroatoms. The molecule has 0 bridgehead atoms. The van der Waals surface area contributed by atoms with Gasteiger partial charge in [-0.25, -0.2) is 0 Å². The molecule has 2 atom stereocenters. The van der Waals surface area contributed by atoms with Crippen LogP contribution in [-0.2, 0) is 13.6 Å². The Labute approximate surface area is 165 Å². The van der Waals surface area contributed by atoms with E-state index < -0.39 is 0 Å². The zero-order valence-corrected chi connectivity index (χ0v) is 16.4. The standard InChI is InChI=1S/C23H27N3O2/c1-26-20-13-18(21(28-2)14-17(20)10-11-22(26)27)15-25-19-9-6-12-24-23(19)16-7-4-3-5-8-16/h3-5,7-8,10-11,13-14,19,23-25H,6,9,12,15H2,1-2H3/t19?,23-/m0/s1. The van der Waals surface area contributed by atoms with E-state index in [1.807, 2.05) is 19.2 Å². The summed E-state index contributed by atoms with van der Waals surface area (Å²) in [5.74, 6) is 0.846. The lowest BCUT2D eigenvalue weighted by molar-refractivity contribution is 0.303. The number of aryl methyl sites for hydroxylation is 1. The average molecular weight is 377 g/mol. The van der Waals surface area contributed by atoms with Gasteiger partial charge in [-0.3, -0.25) is 4.79 Å². The van der Waals surface area contributed by atoms with Gasteiger partial charge in [-0.2, -0.15) is 0 Å². The number of nitrogens with zero attached hydrogens (tertiary/aromatic N) is 1. The van der Waals surface area contributed by atoms with Gasteiger partial charge in [0.05, 0.1) is 12.6 Å². The van der Waals surface area contributed by atoms with E-state index in [0.29, 0.717) is 18.6 Å². The van der Waals surface area contributed by atoms with E-state index in [1.54, 1.807) is 17.7 Å². The third-order valence-electron chi connectivity index (χ3n) is 5.70. The summed E-state index contributed by atoms with van der Waals surface area (Å²) >= 11 is 0. The Morgan fingerprint density at radius 3 is 2.79 bits per heavy atom. The van der Waals surface area contributed by atoms with Gasteiger partial charge in [-0.15, -0.1) is 0 Å². The molecule has 0 amide bonds. The van der Waals surface area contributed by atoms with E-state index >= 15 is 0 Å². The smallest absolute Gasteiger partial charge is 0.250 e. The van der Waals surface area contributed by atoms with Gasteiger partial charge in [0, 0.05) is 42.7 Å². The maximum absolute atomic E-state index is 12.0. The zero-order chi connectivity index (χ0) is 19.5. The number of aromatic nitrogens is 1. The minimum absolute atomic E-state index is 0.00259. The van der Waals surface area contributed by atoms with Crippen LogP contribution in [-0.4, -0.2) is 24.3 Å². The summed E-state index contributed by atoms with van der Waals surface area (Å²) in [5, 5.41) is 8.39. The van der Waals surface area contributed by atoms with Gasteiger partial charge >= 0.3 is 0 Å². The van der Waals surface area contributed by atoms with E-state index in [4.69, 9.17) is 4.74 Å². The number of fused-ring (bicyclic) bond motifs is 1. The predicted octanol–water partition coefficient (Wildman–Crippen LogP) is 3.13. The van der Waals surface area contributed by atoms with Crippen LogP contribution < -0.4 is 20.9 Å². The SMILES string of the molecule is COc1cc2ccc(=O)n(C)c2cc1CNC1CCCN[C@H]1c1ccccc1. The molecule has 1 saturated heterocycles.